The standard InChI is InChI=1S/C13H15N3O2/c14-13(4-5-13)12(17)15-6-3-9-1-2-10-11(7-9)18-8-16-10/h1-2,7-8H,3-6,14H2,(H,15,17). The van der Waals surface area contributed by atoms with Crippen LogP contribution in [0.1, 0.15) is 18.4 Å². The molecule has 1 fully saturated rings. The summed E-state index contributed by atoms with van der Waals surface area (Å²) in [5.74, 6) is -0.0387. The Morgan fingerprint density at radius 2 is 2.33 bits per heavy atom. The lowest BCUT2D eigenvalue weighted by atomic mass is 10.1. The number of nitrogens with two attached hydrogens (primary N) is 1. The highest BCUT2D eigenvalue weighted by Gasteiger charge is 2.45. The predicted octanol–water partition coefficient (Wildman–Crippen LogP) is 0.978. The van der Waals surface area contributed by atoms with Crippen LogP contribution in [0.2, 0.25) is 0 Å². The molecule has 18 heavy (non-hydrogen) atoms. The van der Waals surface area contributed by atoms with Gasteiger partial charge in [0, 0.05) is 6.54 Å². The molecule has 0 spiro atoms. The maximum absolute atomic E-state index is 11.6. The molecule has 0 saturated heterocycles. The molecule has 0 unspecified atom stereocenters. The number of aromatic nitrogens is 1. The van der Waals surface area contributed by atoms with Gasteiger partial charge in [0.15, 0.2) is 12.0 Å². The Kier molecular flexibility index (Phi) is 2.56. The summed E-state index contributed by atoms with van der Waals surface area (Å²) in [6.07, 6.45) is 3.78. The molecule has 1 heterocycles. The number of nitrogens with zero attached hydrogens (tertiary/aromatic N) is 1. The fourth-order valence-electron chi connectivity index (χ4n) is 1.91. The van der Waals surface area contributed by atoms with Gasteiger partial charge in [0.1, 0.15) is 5.52 Å². The summed E-state index contributed by atoms with van der Waals surface area (Å²) in [5, 5.41) is 2.87. The van der Waals surface area contributed by atoms with Gasteiger partial charge in [-0.3, -0.25) is 4.79 Å². The Labute approximate surface area is 104 Å². The molecule has 0 aliphatic heterocycles. The van der Waals surface area contributed by atoms with Crippen LogP contribution in [-0.2, 0) is 11.2 Å². The van der Waals surface area contributed by atoms with Gasteiger partial charge in [-0.15, -0.1) is 0 Å². The number of rotatable bonds is 4. The van der Waals surface area contributed by atoms with E-state index < -0.39 is 5.54 Å². The van der Waals surface area contributed by atoms with Crippen molar-refractivity contribution < 1.29 is 9.21 Å². The summed E-state index contributed by atoms with van der Waals surface area (Å²) < 4.78 is 5.23. The minimum Gasteiger partial charge on any atom is -0.443 e. The lowest BCUT2D eigenvalue weighted by Crippen LogP contribution is -2.43. The maximum Gasteiger partial charge on any atom is 0.240 e. The molecule has 5 heteroatoms. The van der Waals surface area contributed by atoms with E-state index in [1.807, 2.05) is 18.2 Å². The second kappa shape index (κ2) is 4.10. The third-order valence-corrected chi connectivity index (χ3v) is 3.34. The number of nitrogens with one attached hydrogen (secondary N) is 1. The smallest absolute Gasteiger partial charge is 0.240 e. The third kappa shape index (κ3) is 2.09. The molecule has 1 aromatic heterocycles. The monoisotopic (exact) mass is 245 g/mol. The fourth-order valence-corrected chi connectivity index (χ4v) is 1.91. The predicted molar refractivity (Wildman–Crippen MR) is 66.9 cm³/mol. The minimum atomic E-state index is -0.588. The number of hydrogen-bond donors (Lipinski definition) is 2. The van der Waals surface area contributed by atoms with E-state index in [-0.39, 0.29) is 5.91 Å². The maximum atomic E-state index is 11.6. The Morgan fingerprint density at radius 3 is 3.11 bits per heavy atom. The zero-order chi connectivity index (χ0) is 12.6. The van der Waals surface area contributed by atoms with E-state index in [2.05, 4.69) is 10.3 Å². The molecule has 2 aromatic rings. The molecule has 94 valence electrons. The SMILES string of the molecule is NC1(C(=O)NCCc2ccc3ncoc3c2)CC1. The fraction of sp³-hybridized carbons (Fsp3) is 0.385. The van der Waals surface area contributed by atoms with E-state index in [4.69, 9.17) is 10.2 Å². The molecular weight excluding hydrogens is 230 g/mol. The van der Waals surface area contributed by atoms with Gasteiger partial charge in [0.2, 0.25) is 5.91 Å². The van der Waals surface area contributed by atoms with Crippen LogP contribution in [0, 0.1) is 0 Å². The number of fused-ring (bicyclic) bond motifs is 1. The van der Waals surface area contributed by atoms with Crippen molar-refractivity contribution in [3.8, 4) is 0 Å². The lowest BCUT2D eigenvalue weighted by Gasteiger charge is -2.09. The number of carbonyl (C=O) groups is 1. The average molecular weight is 245 g/mol. The molecule has 1 aliphatic carbocycles. The van der Waals surface area contributed by atoms with Crippen molar-refractivity contribution >= 4 is 17.0 Å². The van der Waals surface area contributed by atoms with Crippen LogP contribution in [-0.4, -0.2) is 23.0 Å². The highest BCUT2D eigenvalue weighted by Crippen LogP contribution is 2.31. The van der Waals surface area contributed by atoms with Crippen molar-refractivity contribution in [1.82, 2.24) is 10.3 Å². The number of carbonyl (C=O) groups excluding carboxylic acids is 1. The molecule has 1 saturated carbocycles. The summed E-state index contributed by atoms with van der Waals surface area (Å²) in [4.78, 5) is 15.7. The number of hydrogen-bond acceptors (Lipinski definition) is 4. The molecule has 1 aromatic carbocycles. The Morgan fingerprint density at radius 1 is 1.50 bits per heavy atom. The van der Waals surface area contributed by atoms with Crippen LogP contribution < -0.4 is 11.1 Å². The Hall–Kier alpha value is -1.88. The van der Waals surface area contributed by atoms with Gasteiger partial charge in [-0.05, 0) is 37.0 Å². The first-order valence-electron chi connectivity index (χ1n) is 6.07. The summed E-state index contributed by atoms with van der Waals surface area (Å²) >= 11 is 0. The lowest BCUT2D eigenvalue weighted by molar-refractivity contribution is -0.123. The number of amides is 1. The van der Waals surface area contributed by atoms with Crippen LogP contribution in [0.3, 0.4) is 0 Å². The second-order valence-electron chi connectivity index (χ2n) is 4.82. The first-order valence-corrected chi connectivity index (χ1v) is 6.07. The number of benzene rings is 1. The third-order valence-electron chi connectivity index (χ3n) is 3.34. The molecule has 0 atom stereocenters. The van der Waals surface area contributed by atoms with E-state index in [0.717, 1.165) is 35.9 Å². The molecule has 0 radical (unpaired) electrons. The zero-order valence-electron chi connectivity index (χ0n) is 9.98. The average Bonchev–Trinajstić information content (AvgIpc) is 2.95. The van der Waals surface area contributed by atoms with E-state index in [1.165, 1.54) is 6.39 Å². The second-order valence-corrected chi connectivity index (χ2v) is 4.82. The molecule has 3 N–H and O–H groups in total. The van der Waals surface area contributed by atoms with Crippen molar-refractivity contribution in [2.75, 3.05) is 6.54 Å². The minimum absolute atomic E-state index is 0.0387. The van der Waals surface area contributed by atoms with Crippen LogP contribution in [0.4, 0.5) is 0 Å². The highest BCUT2D eigenvalue weighted by molar-refractivity contribution is 5.88. The van der Waals surface area contributed by atoms with E-state index in [1.54, 1.807) is 0 Å². The summed E-state index contributed by atoms with van der Waals surface area (Å²) in [5.41, 5.74) is 7.94. The summed E-state index contributed by atoms with van der Waals surface area (Å²) in [6, 6.07) is 5.86. The van der Waals surface area contributed by atoms with Crippen LogP contribution in [0.25, 0.3) is 11.1 Å². The Bertz CT molecular complexity index is 587. The van der Waals surface area contributed by atoms with E-state index in [9.17, 15) is 4.79 Å². The molecule has 3 rings (SSSR count). The zero-order valence-corrected chi connectivity index (χ0v) is 9.98. The van der Waals surface area contributed by atoms with Crippen LogP contribution >= 0.6 is 0 Å². The topological polar surface area (TPSA) is 81.2 Å². The van der Waals surface area contributed by atoms with Crippen molar-refractivity contribution in [2.45, 2.75) is 24.8 Å². The molecular formula is C13H15N3O2. The molecule has 1 amide bonds. The van der Waals surface area contributed by atoms with Gasteiger partial charge < -0.3 is 15.5 Å². The summed E-state index contributed by atoms with van der Waals surface area (Å²) in [6.45, 7) is 0.595. The molecule has 1 aliphatic rings. The van der Waals surface area contributed by atoms with Gasteiger partial charge in [-0.25, -0.2) is 4.98 Å². The van der Waals surface area contributed by atoms with Gasteiger partial charge >= 0.3 is 0 Å². The quantitative estimate of drug-likeness (QED) is 0.841. The largest absolute Gasteiger partial charge is 0.443 e. The van der Waals surface area contributed by atoms with Crippen molar-refractivity contribution in [1.29, 1.82) is 0 Å². The summed E-state index contributed by atoms with van der Waals surface area (Å²) in [7, 11) is 0. The number of oxazole rings is 1. The van der Waals surface area contributed by atoms with Crippen LogP contribution in [0.15, 0.2) is 29.0 Å². The first-order chi connectivity index (χ1) is 8.67. The van der Waals surface area contributed by atoms with Gasteiger partial charge in [-0.1, -0.05) is 6.07 Å². The van der Waals surface area contributed by atoms with Crippen molar-refractivity contribution in [2.24, 2.45) is 5.73 Å². The Balaban J connectivity index is 1.57. The highest BCUT2D eigenvalue weighted by atomic mass is 16.3. The van der Waals surface area contributed by atoms with Crippen molar-refractivity contribution in [3.63, 3.8) is 0 Å². The van der Waals surface area contributed by atoms with Gasteiger partial charge in [-0.2, -0.15) is 0 Å². The molecule has 5 nitrogen and oxygen atoms in total. The van der Waals surface area contributed by atoms with Gasteiger partial charge in [0.25, 0.3) is 0 Å². The molecule has 0 bridgehead atoms. The van der Waals surface area contributed by atoms with Gasteiger partial charge in [0.05, 0.1) is 5.54 Å². The van der Waals surface area contributed by atoms with E-state index >= 15 is 0 Å². The van der Waals surface area contributed by atoms with Crippen molar-refractivity contribution in [3.05, 3.63) is 30.2 Å². The first kappa shape index (κ1) is 11.2. The van der Waals surface area contributed by atoms with Crippen LogP contribution in [0.5, 0.6) is 0 Å². The van der Waals surface area contributed by atoms with E-state index in [0.29, 0.717) is 6.54 Å². The normalized spacial score (nSPS) is 16.7.